The van der Waals surface area contributed by atoms with Gasteiger partial charge in [0, 0.05) is 13.1 Å². The Hall–Kier alpha value is -2.55. The normalized spacial score (nSPS) is 14.9. The fourth-order valence-corrected chi connectivity index (χ4v) is 3.16. The van der Waals surface area contributed by atoms with Gasteiger partial charge in [0.1, 0.15) is 5.75 Å². The molecule has 8 nitrogen and oxygen atoms in total. The largest absolute Gasteiger partial charge is 0.482 e. The lowest BCUT2D eigenvalue weighted by molar-refractivity contribution is -0.156. The molecule has 0 bridgehead atoms. The summed E-state index contributed by atoms with van der Waals surface area (Å²) in [6, 6.07) is 7.40. The fourth-order valence-electron chi connectivity index (χ4n) is 2.41. The van der Waals surface area contributed by atoms with Gasteiger partial charge >= 0.3 is 5.97 Å². The van der Waals surface area contributed by atoms with E-state index in [1.54, 1.807) is 12.1 Å². The number of hydrogen-bond acceptors (Lipinski definition) is 7. The average Bonchev–Trinajstić information content (AvgIpc) is 2.98. The number of nitrogens with one attached hydrogen (secondary N) is 1. The molecule has 28 heavy (non-hydrogen) atoms. The molecule has 1 aliphatic rings. The summed E-state index contributed by atoms with van der Waals surface area (Å²) < 4.78 is 10.4. The highest BCUT2D eigenvalue weighted by molar-refractivity contribution is 8.14. The Balaban J connectivity index is 1.68. The van der Waals surface area contributed by atoms with Crippen LogP contribution in [-0.2, 0) is 19.1 Å². The van der Waals surface area contributed by atoms with Crippen molar-refractivity contribution in [3.05, 3.63) is 29.8 Å². The molecule has 9 heteroatoms. The van der Waals surface area contributed by atoms with E-state index in [1.165, 1.54) is 6.92 Å². The lowest BCUT2D eigenvalue weighted by atomic mass is 10.0. The molecule has 0 saturated carbocycles. The second kappa shape index (κ2) is 10.1. The van der Waals surface area contributed by atoms with Gasteiger partial charge in [0.2, 0.25) is 5.91 Å². The molecule has 1 N–H and O–H groups in total. The summed E-state index contributed by atoms with van der Waals surface area (Å²) in [7, 11) is 0. The topological polar surface area (TPSA) is 102 Å². The van der Waals surface area contributed by atoms with E-state index in [0.29, 0.717) is 11.7 Å². The average molecular weight is 408 g/mol. The number of carbonyl (C=O) groups excluding carboxylic acids is 4. The van der Waals surface area contributed by atoms with Gasteiger partial charge in [-0.2, -0.15) is 0 Å². The number of amides is 3. The smallest absolute Gasteiger partial charge is 0.344 e. The molecule has 1 heterocycles. The van der Waals surface area contributed by atoms with Crippen molar-refractivity contribution in [1.82, 2.24) is 10.2 Å². The van der Waals surface area contributed by atoms with Gasteiger partial charge in [-0.1, -0.05) is 37.7 Å². The number of rotatable bonds is 9. The molecule has 2 rings (SSSR count). The van der Waals surface area contributed by atoms with E-state index in [-0.39, 0.29) is 36.6 Å². The molecule has 0 spiro atoms. The molecule has 3 amide bonds. The molecule has 0 aliphatic carbocycles. The van der Waals surface area contributed by atoms with Crippen LogP contribution in [0.5, 0.6) is 5.75 Å². The van der Waals surface area contributed by atoms with Gasteiger partial charge in [-0.25, -0.2) is 4.79 Å². The number of esters is 1. The maximum atomic E-state index is 12.0. The zero-order valence-electron chi connectivity index (χ0n) is 16.1. The minimum atomic E-state index is -1.02. The number of benzene rings is 1. The first-order valence-electron chi connectivity index (χ1n) is 8.95. The van der Waals surface area contributed by atoms with E-state index in [4.69, 9.17) is 9.47 Å². The Morgan fingerprint density at radius 3 is 2.43 bits per heavy atom. The summed E-state index contributed by atoms with van der Waals surface area (Å²) >= 11 is 0.934. The SMILES string of the molecule is CC(C)c1ccc(OCC(=O)O[C@H](C)C(=O)NCCN2C(=O)CSC2=O)cc1. The van der Waals surface area contributed by atoms with Crippen molar-refractivity contribution < 1.29 is 28.7 Å². The first-order valence-corrected chi connectivity index (χ1v) is 9.93. The van der Waals surface area contributed by atoms with Crippen LogP contribution in [-0.4, -0.2) is 59.5 Å². The van der Waals surface area contributed by atoms with Gasteiger partial charge in [0.05, 0.1) is 5.75 Å². The number of imide groups is 1. The Labute approximate surface area is 167 Å². The van der Waals surface area contributed by atoms with Crippen molar-refractivity contribution in [3.63, 3.8) is 0 Å². The van der Waals surface area contributed by atoms with E-state index in [0.717, 1.165) is 22.2 Å². The standard InChI is InChI=1S/C19H24N2O6S/c1-12(2)14-4-6-15(7-5-14)26-10-17(23)27-13(3)18(24)20-8-9-21-16(22)11-28-19(21)25/h4-7,12-13H,8-11H2,1-3H3,(H,20,24)/t13-/m1/s1. The number of hydrogen-bond donors (Lipinski definition) is 1. The lowest BCUT2D eigenvalue weighted by Gasteiger charge is -2.16. The fraction of sp³-hybridized carbons (Fsp3) is 0.474. The van der Waals surface area contributed by atoms with Gasteiger partial charge in [0.25, 0.3) is 11.1 Å². The van der Waals surface area contributed by atoms with Crippen LogP contribution in [0.2, 0.25) is 0 Å². The molecule has 0 radical (unpaired) electrons. The van der Waals surface area contributed by atoms with Crippen LogP contribution in [0.4, 0.5) is 4.79 Å². The second-order valence-electron chi connectivity index (χ2n) is 6.54. The van der Waals surface area contributed by atoms with Crippen LogP contribution < -0.4 is 10.1 Å². The summed E-state index contributed by atoms with van der Waals surface area (Å²) in [5.41, 5.74) is 1.16. The van der Waals surface area contributed by atoms with Crippen molar-refractivity contribution in [3.8, 4) is 5.75 Å². The molecule has 1 fully saturated rings. The van der Waals surface area contributed by atoms with Gasteiger partial charge in [0.15, 0.2) is 12.7 Å². The Morgan fingerprint density at radius 1 is 1.18 bits per heavy atom. The maximum absolute atomic E-state index is 12.0. The predicted octanol–water partition coefficient (Wildman–Crippen LogP) is 1.93. The third-order valence-electron chi connectivity index (χ3n) is 4.06. The molecule has 1 saturated heterocycles. The van der Waals surface area contributed by atoms with E-state index < -0.39 is 18.0 Å². The number of ether oxygens (including phenoxy) is 2. The molecule has 1 aromatic carbocycles. The highest BCUT2D eigenvalue weighted by atomic mass is 32.2. The van der Waals surface area contributed by atoms with Crippen LogP contribution in [0.1, 0.15) is 32.3 Å². The monoisotopic (exact) mass is 408 g/mol. The Kier molecular flexibility index (Phi) is 7.86. The number of nitrogens with zero attached hydrogens (tertiary/aromatic N) is 1. The molecule has 1 aliphatic heterocycles. The van der Waals surface area contributed by atoms with E-state index in [9.17, 15) is 19.2 Å². The molecule has 0 unspecified atom stereocenters. The van der Waals surface area contributed by atoms with Crippen molar-refractivity contribution >= 4 is 34.8 Å². The van der Waals surface area contributed by atoms with Crippen molar-refractivity contribution in [1.29, 1.82) is 0 Å². The Bertz CT molecular complexity index is 718. The first-order chi connectivity index (χ1) is 13.3. The van der Waals surface area contributed by atoms with Gasteiger partial charge in [-0.05, 0) is 30.5 Å². The maximum Gasteiger partial charge on any atom is 0.344 e. The van der Waals surface area contributed by atoms with Crippen molar-refractivity contribution in [2.75, 3.05) is 25.4 Å². The zero-order valence-corrected chi connectivity index (χ0v) is 16.9. The highest BCUT2D eigenvalue weighted by Crippen LogP contribution is 2.19. The molecule has 1 atom stereocenters. The Morgan fingerprint density at radius 2 is 1.86 bits per heavy atom. The lowest BCUT2D eigenvalue weighted by Crippen LogP contribution is -2.42. The quantitative estimate of drug-likeness (QED) is 0.623. The van der Waals surface area contributed by atoms with Gasteiger partial charge in [-0.15, -0.1) is 0 Å². The molecule has 0 aromatic heterocycles. The summed E-state index contributed by atoms with van der Waals surface area (Å²) in [6.07, 6.45) is -1.02. The van der Waals surface area contributed by atoms with Crippen LogP contribution in [0.25, 0.3) is 0 Å². The summed E-state index contributed by atoms with van der Waals surface area (Å²) in [6.45, 7) is 5.47. The van der Waals surface area contributed by atoms with Gasteiger partial charge in [-0.3, -0.25) is 19.3 Å². The molecular formula is C19H24N2O6S. The number of thioether (sulfide) groups is 1. The van der Waals surface area contributed by atoms with E-state index >= 15 is 0 Å². The minimum Gasteiger partial charge on any atom is -0.482 e. The third-order valence-corrected chi connectivity index (χ3v) is 4.91. The van der Waals surface area contributed by atoms with E-state index in [1.807, 2.05) is 12.1 Å². The van der Waals surface area contributed by atoms with Crippen LogP contribution in [0, 0.1) is 0 Å². The third kappa shape index (κ3) is 6.26. The zero-order chi connectivity index (χ0) is 20.7. The van der Waals surface area contributed by atoms with Gasteiger partial charge < -0.3 is 14.8 Å². The van der Waals surface area contributed by atoms with Crippen LogP contribution in [0.3, 0.4) is 0 Å². The molecule has 152 valence electrons. The van der Waals surface area contributed by atoms with Crippen molar-refractivity contribution in [2.24, 2.45) is 0 Å². The summed E-state index contributed by atoms with van der Waals surface area (Å²) in [4.78, 5) is 47.8. The minimum absolute atomic E-state index is 0.0898. The van der Waals surface area contributed by atoms with Crippen LogP contribution in [0.15, 0.2) is 24.3 Å². The van der Waals surface area contributed by atoms with E-state index in [2.05, 4.69) is 19.2 Å². The van der Waals surface area contributed by atoms with Crippen molar-refractivity contribution in [2.45, 2.75) is 32.8 Å². The first kappa shape index (κ1) is 21.7. The molecular weight excluding hydrogens is 384 g/mol. The number of carbonyl (C=O) groups is 4. The predicted molar refractivity (Wildman–Crippen MR) is 104 cm³/mol. The summed E-state index contributed by atoms with van der Waals surface area (Å²) in [5.74, 6) is -0.392. The van der Waals surface area contributed by atoms with Crippen LogP contribution >= 0.6 is 11.8 Å². The summed E-state index contributed by atoms with van der Waals surface area (Å²) in [5, 5.41) is 2.21. The second-order valence-corrected chi connectivity index (χ2v) is 7.46. The molecule has 1 aromatic rings. The highest BCUT2D eigenvalue weighted by Gasteiger charge is 2.29.